The Bertz CT molecular complexity index is 550. The van der Waals surface area contributed by atoms with E-state index in [0.29, 0.717) is 29.4 Å². The molecule has 114 valence electrons. The van der Waals surface area contributed by atoms with E-state index in [-0.39, 0.29) is 18.5 Å². The van der Waals surface area contributed by atoms with E-state index in [0.717, 1.165) is 6.42 Å². The third-order valence-corrected chi connectivity index (χ3v) is 3.69. The van der Waals surface area contributed by atoms with Gasteiger partial charge >= 0.3 is 12.0 Å². The number of ether oxygens (including phenoxy) is 1. The molecule has 1 unspecified atom stereocenters. The topological polar surface area (TPSA) is 78.9 Å². The summed E-state index contributed by atoms with van der Waals surface area (Å²) in [6.45, 7) is 0.548. The number of carboxylic acid groups (broad SMARTS) is 1. The number of hydrogen-bond donors (Lipinski definition) is 2. The maximum Gasteiger partial charge on any atom is 0.322 e. The number of benzene rings is 1. The molecule has 0 radical (unpaired) electrons. The molecular weight excluding hydrogens is 296 g/mol. The Balaban J connectivity index is 2.10. The minimum absolute atomic E-state index is 0.0416. The molecule has 1 fully saturated rings. The van der Waals surface area contributed by atoms with E-state index in [1.54, 1.807) is 23.1 Å². The van der Waals surface area contributed by atoms with Crippen LogP contribution < -0.4 is 10.1 Å². The first-order valence-electron chi connectivity index (χ1n) is 6.64. The van der Waals surface area contributed by atoms with Gasteiger partial charge in [-0.2, -0.15) is 0 Å². The Hall–Kier alpha value is -1.95. The molecule has 1 heterocycles. The van der Waals surface area contributed by atoms with Crippen molar-refractivity contribution in [3.8, 4) is 5.75 Å². The third kappa shape index (κ3) is 3.78. The Morgan fingerprint density at radius 3 is 2.95 bits per heavy atom. The molecule has 1 aromatic rings. The van der Waals surface area contributed by atoms with Crippen LogP contribution in [0.25, 0.3) is 0 Å². The number of urea groups is 1. The fourth-order valence-corrected chi connectivity index (χ4v) is 2.65. The molecule has 2 N–H and O–H groups in total. The van der Waals surface area contributed by atoms with Gasteiger partial charge in [0.25, 0.3) is 0 Å². The first-order chi connectivity index (χ1) is 10.0. The molecule has 0 bridgehead atoms. The second kappa shape index (κ2) is 6.67. The van der Waals surface area contributed by atoms with Crippen LogP contribution in [0.5, 0.6) is 5.75 Å². The van der Waals surface area contributed by atoms with Crippen molar-refractivity contribution in [2.45, 2.75) is 25.3 Å². The minimum atomic E-state index is -0.903. The number of rotatable bonds is 4. The molecule has 2 amide bonds. The first kappa shape index (κ1) is 15.4. The molecule has 2 rings (SSSR count). The quantitative estimate of drug-likeness (QED) is 0.896. The number of halogens is 1. The van der Waals surface area contributed by atoms with Crippen molar-refractivity contribution >= 4 is 29.3 Å². The average molecular weight is 313 g/mol. The van der Waals surface area contributed by atoms with Crippen LogP contribution in [0.1, 0.15) is 19.3 Å². The van der Waals surface area contributed by atoms with Crippen molar-refractivity contribution < 1.29 is 19.4 Å². The molecule has 1 atom stereocenters. The van der Waals surface area contributed by atoms with Crippen LogP contribution in [0.4, 0.5) is 10.5 Å². The summed E-state index contributed by atoms with van der Waals surface area (Å²) in [6, 6.07) is 4.32. The molecule has 0 spiro atoms. The summed E-state index contributed by atoms with van der Waals surface area (Å²) < 4.78 is 5.17. The smallest absolute Gasteiger partial charge is 0.322 e. The lowest BCUT2D eigenvalue weighted by atomic mass is 10.1. The van der Waals surface area contributed by atoms with Crippen LogP contribution >= 0.6 is 11.6 Å². The van der Waals surface area contributed by atoms with E-state index < -0.39 is 5.97 Å². The van der Waals surface area contributed by atoms with Gasteiger partial charge in [-0.15, -0.1) is 0 Å². The van der Waals surface area contributed by atoms with Crippen molar-refractivity contribution in [2.75, 3.05) is 19.0 Å². The zero-order valence-corrected chi connectivity index (χ0v) is 12.4. The van der Waals surface area contributed by atoms with Gasteiger partial charge in [0.1, 0.15) is 5.75 Å². The lowest BCUT2D eigenvalue weighted by molar-refractivity contribution is -0.137. The van der Waals surface area contributed by atoms with Crippen molar-refractivity contribution in [2.24, 2.45) is 0 Å². The molecule has 1 aliphatic rings. The molecule has 21 heavy (non-hydrogen) atoms. The number of carbonyl (C=O) groups excluding carboxylic acids is 1. The van der Waals surface area contributed by atoms with Crippen molar-refractivity contribution in [1.29, 1.82) is 0 Å². The lowest BCUT2D eigenvalue weighted by Crippen LogP contribution is -2.39. The highest BCUT2D eigenvalue weighted by atomic mass is 35.5. The Morgan fingerprint density at radius 1 is 1.52 bits per heavy atom. The highest BCUT2D eigenvalue weighted by molar-refractivity contribution is 6.31. The SMILES string of the molecule is COc1ccc(Cl)cc1NC(=O)N1CCCC1CC(=O)O. The molecule has 7 heteroatoms. The van der Waals surface area contributed by atoms with E-state index in [9.17, 15) is 9.59 Å². The van der Waals surface area contributed by atoms with Crippen molar-refractivity contribution in [3.63, 3.8) is 0 Å². The maximum atomic E-state index is 12.3. The van der Waals surface area contributed by atoms with Gasteiger partial charge in [0.15, 0.2) is 0 Å². The number of anilines is 1. The molecular formula is C14H17ClN2O4. The second-order valence-electron chi connectivity index (χ2n) is 4.86. The number of carboxylic acids is 1. The fraction of sp³-hybridized carbons (Fsp3) is 0.429. The number of nitrogens with one attached hydrogen (secondary N) is 1. The summed E-state index contributed by atoms with van der Waals surface area (Å²) in [6.07, 6.45) is 1.46. The predicted molar refractivity (Wildman–Crippen MR) is 79.0 cm³/mol. The van der Waals surface area contributed by atoms with E-state index in [1.807, 2.05) is 0 Å². The van der Waals surface area contributed by atoms with Gasteiger partial charge in [0.05, 0.1) is 19.2 Å². The predicted octanol–water partition coefficient (Wildman–Crippen LogP) is 2.82. The van der Waals surface area contributed by atoms with Gasteiger partial charge < -0.3 is 20.1 Å². The van der Waals surface area contributed by atoms with Gasteiger partial charge in [0.2, 0.25) is 0 Å². The molecule has 6 nitrogen and oxygen atoms in total. The zero-order valence-electron chi connectivity index (χ0n) is 11.6. The van der Waals surface area contributed by atoms with Gasteiger partial charge in [-0.05, 0) is 31.0 Å². The van der Waals surface area contributed by atoms with E-state index in [2.05, 4.69) is 5.32 Å². The highest BCUT2D eigenvalue weighted by Gasteiger charge is 2.30. The van der Waals surface area contributed by atoms with Gasteiger partial charge in [0, 0.05) is 17.6 Å². The fourth-order valence-electron chi connectivity index (χ4n) is 2.48. The summed E-state index contributed by atoms with van der Waals surface area (Å²) in [5, 5.41) is 12.1. The normalized spacial score (nSPS) is 17.6. The van der Waals surface area contributed by atoms with Crippen LogP contribution in [0.15, 0.2) is 18.2 Å². The zero-order chi connectivity index (χ0) is 15.4. The van der Waals surface area contributed by atoms with Crippen LogP contribution in [0.2, 0.25) is 5.02 Å². The highest BCUT2D eigenvalue weighted by Crippen LogP contribution is 2.29. The number of carbonyl (C=O) groups is 2. The van der Waals surface area contributed by atoms with E-state index in [1.165, 1.54) is 7.11 Å². The molecule has 0 saturated carbocycles. The second-order valence-corrected chi connectivity index (χ2v) is 5.30. The summed E-state index contributed by atoms with van der Waals surface area (Å²) in [5.74, 6) is -0.401. The first-order valence-corrected chi connectivity index (χ1v) is 7.02. The van der Waals surface area contributed by atoms with Gasteiger partial charge in [-0.25, -0.2) is 4.79 Å². The molecule has 0 aliphatic carbocycles. The maximum absolute atomic E-state index is 12.3. The minimum Gasteiger partial charge on any atom is -0.495 e. The number of hydrogen-bond acceptors (Lipinski definition) is 3. The number of methoxy groups -OCH3 is 1. The van der Waals surface area contributed by atoms with Gasteiger partial charge in [-0.3, -0.25) is 4.79 Å². The van der Waals surface area contributed by atoms with Crippen LogP contribution in [-0.2, 0) is 4.79 Å². The van der Waals surface area contributed by atoms with Crippen LogP contribution in [-0.4, -0.2) is 41.7 Å². The number of aliphatic carboxylic acids is 1. The Labute approximate surface area is 127 Å². The van der Waals surface area contributed by atoms with Gasteiger partial charge in [-0.1, -0.05) is 11.6 Å². The summed E-state index contributed by atoms with van der Waals surface area (Å²) >= 11 is 5.92. The molecule has 1 saturated heterocycles. The summed E-state index contributed by atoms with van der Waals surface area (Å²) in [5.41, 5.74) is 0.468. The summed E-state index contributed by atoms with van der Waals surface area (Å²) in [4.78, 5) is 24.7. The van der Waals surface area contributed by atoms with Crippen molar-refractivity contribution in [3.05, 3.63) is 23.2 Å². The Morgan fingerprint density at radius 2 is 2.29 bits per heavy atom. The monoisotopic (exact) mass is 312 g/mol. The Kier molecular flexibility index (Phi) is 4.90. The third-order valence-electron chi connectivity index (χ3n) is 3.45. The number of nitrogens with zero attached hydrogens (tertiary/aromatic N) is 1. The number of amides is 2. The molecule has 0 aromatic heterocycles. The lowest BCUT2D eigenvalue weighted by Gasteiger charge is -2.24. The number of likely N-dealkylation sites (tertiary alicyclic amines) is 1. The molecule has 1 aromatic carbocycles. The van der Waals surface area contributed by atoms with E-state index in [4.69, 9.17) is 21.4 Å². The average Bonchev–Trinajstić information content (AvgIpc) is 2.86. The van der Waals surface area contributed by atoms with Crippen LogP contribution in [0, 0.1) is 0 Å². The van der Waals surface area contributed by atoms with Crippen LogP contribution in [0.3, 0.4) is 0 Å². The molecule has 1 aliphatic heterocycles. The van der Waals surface area contributed by atoms with E-state index >= 15 is 0 Å². The van der Waals surface area contributed by atoms with Crippen molar-refractivity contribution in [1.82, 2.24) is 4.90 Å². The largest absolute Gasteiger partial charge is 0.495 e. The standard InChI is InChI=1S/C14H17ClN2O4/c1-21-12-5-4-9(15)7-11(12)16-14(20)17-6-2-3-10(17)8-13(18)19/h4-5,7,10H,2-3,6,8H2,1H3,(H,16,20)(H,18,19). The summed E-state index contributed by atoms with van der Waals surface area (Å²) in [7, 11) is 1.50.